The summed E-state index contributed by atoms with van der Waals surface area (Å²) in [7, 11) is 2.84. The second kappa shape index (κ2) is 9.25. The van der Waals surface area contributed by atoms with E-state index in [0.29, 0.717) is 29.2 Å². The molecule has 0 radical (unpaired) electrons. The fourth-order valence-corrected chi connectivity index (χ4v) is 2.74. The van der Waals surface area contributed by atoms with Gasteiger partial charge < -0.3 is 23.7 Å². The zero-order chi connectivity index (χ0) is 21.7. The minimum absolute atomic E-state index is 0.0201. The Kier molecular flexibility index (Phi) is 6.51. The molecule has 1 heterocycles. The van der Waals surface area contributed by atoms with Crippen LogP contribution in [0.5, 0.6) is 23.0 Å². The van der Waals surface area contributed by atoms with E-state index in [0.717, 1.165) is 0 Å². The number of hydrogen-bond acceptors (Lipinski definition) is 7. The molecule has 1 aliphatic rings. The first-order chi connectivity index (χ1) is 14.4. The number of cyclic esters (lactones) is 1. The van der Waals surface area contributed by atoms with E-state index in [1.807, 2.05) is 6.92 Å². The average Bonchev–Trinajstić information content (AvgIpc) is 3.08. The second-order valence-electron chi connectivity index (χ2n) is 5.92. The molecule has 0 aliphatic carbocycles. The lowest BCUT2D eigenvalue weighted by Crippen LogP contribution is -2.07. The summed E-state index contributed by atoms with van der Waals surface area (Å²) in [4.78, 5) is 16.5. The molecule has 7 nitrogen and oxygen atoms in total. The van der Waals surface area contributed by atoms with Gasteiger partial charge in [0.2, 0.25) is 5.90 Å². The molecule has 9 heteroatoms. The van der Waals surface area contributed by atoms with Crippen molar-refractivity contribution in [3.05, 3.63) is 53.2 Å². The summed E-state index contributed by atoms with van der Waals surface area (Å²) in [6.07, 6.45) is 1.54. The van der Waals surface area contributed by atoms with Gasteiger partial charge in [0.25, 0.3) is 0 Å². The maximum atomic E-state index is 12.5. The highest BCUT2D eigenvalue weighted by molar-refractivity contribution is 6.13. The fraction of sp³-hybridized carbons (Fsp3) is 0.238. The smallest absolute Gasteiger partial charge is 0.387 e. The van der Waals surface area contributed by atoms with Crippen LogP contribution in [0.15, 0.2) is 47.1 Å². The monoisotopic (exact) mass is 419 g/mol. The Bertz CT molecular complexity index is 1000. The molecule has 0 spiro atoms. The van der Waals surface area contributed by atoms with Crippen molar-refractivity contribution < 1.29 is 37.3 Å². The van der Waals surface area contributed by atoms with Crippen molar-refractivity contribution in [3.8, 4) is 23.0 Å². The van der Waals surface area contributed by atoms with E-state index >= 15 is 0 Å². The number of methoxy groups -OCH3 is 2. The number of nitrogens with zero attached hydrogens (tertiary/aromatic N) is 1. The van der Waals surface area contributed by atoms with Gasteiger partial charge >= 0.3 is 12.6 Å². The van der Waals surface area contributed by atoms with Crippen molar-refractivity contribution in [3.63, 3.8) is 0 Å². The van der Waals surface area contributed by atoms with E-state index < -0.39 is 12.6 Å². The lowest BCUT2D eigenvalue weighted by molar-refractivity contribution is -0.129. The summed E-state index contributed by atoms with van der Waals surface area (Å²) in [6.45, 7) is -0.693. The number of halogens is 2. The molecular weight excluding hydrogens is 400 g/mol. The van der Waals surface area contributed by atoms with Crippen LogP contribution in [0.25, 0.3) is 6.08 Å². The first kappa shape index (κ1) is 21.1. The Hall–Kier alpha value is -3.62. The first-order valence-corrected chi connectivity index (χ1v) is 8.91. The summed E-state index contributed by atoms with van der Waals surface area (Å²) >= 11 is 0. The molecule has 2 aromatic rings. The zero-order valence-electron chi connectivity index (χ0n) is 16.5. The number of ether oxygens (including phenoxy) is 5. The molecule has 3 rings (SSSR count). The topological polar surface area (TPSA) is 75.6 Å². The maximum absolute atomic E-state index is 12.5. The van der Waals surface area contributed by atoms with Gasteiger partial charge in [-0.25, -0.2) is 9.79 Å². The Labute approximate surface area is 171 Å². The van der Waals surface area contributed by atoms with Crippen LogP contribution in [0.3, 0.4) is 0 Å². The van der Waals surface area contributed by atoms with Crippen LogP contribution in [0.2, 0.25) is 0 Å². The largest absolute Gasteiger partial charge is 0.493 e. The van der Waals surface area contributed by atoms with Crippen LogP contribution in [0.4, 0.5) is 8.78 Å². The third-order valence-electron chi connectivity index (χ3n) is 4.04. The summed E-state index contributed by atoms with van der Waals surface area (Å²) < 4.78 is 50.4. The molecule has 0 fully saturated rings. The van der Waals surface area contributed by atoms with Gasteiger partial charge in [-0.3, -0.25) is 0 Å². The highest BCUT2D eigenvalue weighted by Crippen LogP contribution is 2.32. The lowest BCUT2D eigenvalue weighted by Gasteiger charge is -2.10. The molecule has 0 bridgehead atoms. The van der Waals surface area contributed by atoms with Gasteiger partial charge in [0.1, 0.15) is 0 Å². The van der Waals surface area contributed by atoms with Crippen molar-refractivity contribution in [1.82, 2.24) is 0 Å². The van der Waals surface area contributed by atoms with Crippen molar-refractivity contribution in [2.45, 2.75) is 13.5 Å². The lowest BCUT2D eigenvalue weighted by atomic mass is 10.1. The number of aliphatic imine (C=N–C) groups is 1. The average molecular weight is 419 g/mol. The predicted molar refractivity (Wildman–Crippen MR) is 104 cm³/mol. The van der Waals surface area contributed by atoms with Crippen molar-refractivity contribution >= 4 is 17.9 Å². The van der Waals surface area contributed by atoms with Crippen LogP contribution in [-0.4, -0.2) is 39.3 Å². The molecule has 1 aliphatic heterocycles. The minimum Gasteiger partial charge on any atom is -0.493 e. The van der Waals surface area contributed by atoms with Gasteiger partial charge in [-0.1, -0.05) is 6.07 Å². The predicted octanol–water partition coefficient (Wildman–Crippen LogP) is 4.05. The molecule has 30 heavy (non-hydrogen) atoms. The first-order valence-electron chi connectivity index (χ1n) is 8.91. The molecule has 0 N–H and O–H groups in total. The van der Waals surface area contributed by atoms with E-state index in [1.54, 1.807) is 24.3 Å². The Balaban J connectivity index is 1.90. The van der Waals surface area contributed by atoms with Crippen LogP contribution in [0, 0.1) is 0 Å². The van der Waals surface area contributed by atoms with Gasteiger partial charge in [-0.05, 0) is 48.9 Å². The Morgan fingerprint density at radius 2 is 1.77 bits per heavy atom. The standard InChI is InChI=1S/C21H19F2NO6/c1-4-28-18-10-12(5-7-15(18)26-2)9-14-20(25)30-19(24-14)13-6-8-16(29-21(22)23)17(11-13)27-3/h5-11,21H,4H2,1-3H3/b14-9+. The van der Waals surface area contributed by atoms with Crippen molar-refractivity contribution in [2.24, 2.45) is 4.99 Å². The SMILES string of the molecule is CCOc1cc(/C=C2/N=C(c3ccc(OC(F)F)c(OC)c3)OC2=O)ccc1OC. The van der Waals surface area contributed by atoms with Gasteiger partial charge in [0, 0.05) is 5.56 Å². The van der Waals surface area contributed by atoms with Gasteiger partial charge in [-0.2, -0.15) is 8.78 Å². The highest BCUT2D eigenvalue weighted by Gasteiger charge is 2.25. The third-order valence-corrected chi connectivity index (χ3v) is 4.04. The third kappa shape index (κ3) is 4.68. The van der Waals surface area contributed by atoms with Crippen molar-refractivity contribution in [2.75, 3.05) is 20.8 Å². The number of hydrogen-bond donors (Lipinski definition) is 0. The molecule has 0 saturated carbocycles. The second-order valence-corrected chi connectivity index (χ2v) is 5.92. The molecule has 0 amide bonds. The summed E-state index contributed by atoms with van der Waals surface area (Å²) in [5.74, 6) is 0.385. The Morgan fingerprint density at radius 3 is 2.43 bits per heavy atom. The number of rotatable bonds is 8. The van der Waals surface area contributed by atoms with E-state index in [1.165, 1.54) is 32.4 Å². The quantitative estimate of drug-likeness (QED) is 0.475. The zero-order valence-corrected chi connectivity index (χ0v) is 16.5. The van der Waals surface area contributed by atoms with Crippen LogP contribution in [-0.2, 0) is 9.53 Å². The van der Waals surface area contributed by atoms with E-state index in [4.69, 9.17) is 18.9 Å². The molecular formula is C21H19F2NO6. The number of alkyl halides is 2. The molecule has 0 unspecified atom stereocenters. The van der Waals surface area contributed by atoms with Crippen LogP contribution < -0.4 is 18.9 Å². The molecule has 0 atom stereocenters. The maximum Gasteiger partial charge on any atom is 0.387 e. The van der Waals surface area contributed by atoms with Gasteiger partial charge in [0.05, 0.1) is 20.8 Å². The molecule has 0 aromatic heterocycles. The van der Waals surface area contributed by atoms with Gasteiger partial charge in [-0.15, -0.1) is 0 Å². The number of carbonyl (C=O) groups excluding carboxylic acids is 1. The normalized spacial score (nSPS) is 14.5. The summed E-state index contributed by atoms with van der Waals surface area (Å²) in [6, 6.07) is 9.30. The Morgan fingerprint density at radius 1 is 1.03 bits per heavy atom. The number of carbonyl (C=O) groups is 1. The van der Waals surface area contributed by atoms with Crippen LogP contribution in [0.1, 0.15) is 18.1 Å². The van der Waals surface area contributed by atoms with E-state index in [-0.39, 0.29) is 23.1 Å². The van der Waals surface area contributed by atoms with E-state index in [9.17, 15) is 13.6 Å². The number of benzene rings is 2. The minimum atomic E-state index is -2.99. The van der Waals surface area contributed by atoms with Gasteiger partial charge in [0.15, 0.2) is 28.7 Å². The molecule has 2 aromatic carbocycles. The molecule has 158 valence electrons. The fourth-order valence-electron chi connectivity index (χ4n) is 2.74. The number of esters is 1. The van der Waals surface area contributed by atoms with E-state index in [2.05, 4.69) is 9.73 Å². The van der Waals surface area contributed by atoms with Crippen molar-refractivity contribution in [1.29, 1.82) is 0 Å². The molecule has 0 saturated heterocycles. The highest BCUT2D eigenvalue weighted by atomic mass is 19.3. The summed E-state index contributed by atoms with van der Waals surface area (Å²) in [5.41, 5.74) is 1.11. The summed E-state index contributed by atoms with van der Waals surface area (Å²) in [5, 5.41) is 0. The van der Waals surface area contributed by atoms with Crippen LogP contribution >= 0.6 is 0 Å².